The van der Waals surface area contributed by atoms with E-state index in [2.05, 4.69) is 41.0 Å². The summed E-state index contributed by atoms with van der Waals surface area (Å²) in [7, 11) is 3.27. The van der Waals surface area contributed by atoms with Crippen molar-refractivity contribution in [1.29, 1.82) is 0 Å². The third-order valence-corrected chi connectivity index (χ3v) is 21.8. The van der Waals surface area contributed by atoms with Crippen LogP contribution in [0.1, 0.15) is 114 Å². The Kier molecular flexibility index (Phi) is 60.2. The topological polar surface area (TPSA) is 330 Å². The molecular formula is C100H131ClF6N8O22S2. The van der Waals surface area contributed by atoms with Gasteiger partial charge in [0.05, 0.1) is 232 Å². The van der Waals surface area contributed by atoms with Crippen molar-refractivity contribution in [3.8, 4) is 22.5 Å². The first-order valence-corrected chi connectivity index (χ1v) is 48.3. The van der Waals surface area contributed by atoms with Gasteiger partial charge < -0.3 is 107 Å². The summed E-state index contributed by atoms with van der Waals surface area (Å²) in [5.41, 5.74) is 6.06. The summed E-state index contributed by atoms with van der Waals surface area (Å²) in [5, 5.41) is 11.2. The second kappa shape index (κ2) is 70.9. The molecule has 8 rings (SSSR count). The Bertz CT molecular complexity index is 4840. The molecule has 0 radical (unpaired) electrons. The maximum absolute atomic E-state index is 13.7. The molecule has 0 saturated carbocycles. The minimum Gasteiger partial charge on any atom is -0.382 e. The van der Waals surface area contributed by atoms with Gasteiger partial charge >= 0.3 is 12.4 Å². The van der Waals surface area contributed by atoms with Gasteiger partial charge in [0, 0.05) is 141 Å². The summed E-state index contributed by atoms with van der Waals surface area (Å²) >= 11 is 8.29. The molecule has 0 fully saturated rings. The van der Waals surface area contributed by atoms with E-state index in [0.29, 0.717) is 279 Å². The second-order valence-corrected chi connectivity index (χ2v) is 32.4. The highest BCUT2D eigenvalue weighted by molar-refractivity contribution is 8.14. The van der Waals surface area contributed by atoms with Crippen LogP contribution in [-0.2, 0) is 112 Å². The molecule has 0 aliphatic heterocycles. The molecule has 2 heterocycles. The number of methoxy groups -OCH3 is 2. The Labute approximate surface area is 823 Å². The van der Waals surface area contributed by atoms with Crippen molar-refractivity contribution >= 4 is 91.7 Å². The van der Waals surface area contributed by atoms with Crippen molar-refractivity contribution < 1.29 is 131 Å². The largest absolute Gasteiger partial charge is 0.416 e. The lowest BCUT2D eigenvalue weighted by Gasteiger charge is -2.23. The van der Waals surface area contributed by atoms with E-state index in [9.17, 15) is 55.1 Å². The predicted octanol–water partition coefficient (Wildman–Crippen LogP) is 16.0. The average molecular weight is 2010 g/mol. The zero-order valence-electron chi connectivity index (χ0n) is 80.0. The summed E-state index contributed by atoms with van der Waals surface area (Å²) in [6.45, 7) is 27.4. The number of amides is 4. The highest BCUT2D eigenvalue weighted by Gasteiger charge is 2.32. The number of ether oxygens (including phenoxy) is 16. The number of carbonyl (C=O) groups excluding carboxylic acids is 6. The van der Waals surface area contributed by atoms with E-state index < -0.39 is 41.2 Å². The number of thioether (sulfide) groups is 2. The minimum absolute atomic E-state index is 0.0828. The van der Waals surface area contributed by atoms with Crippen LogP contribution in [0.15, 0.2) is 170 Å². The molecule has 0 saturated heterocycles. The van der Waals surface area contributed by atoms with Crippen molar-refractivity contribution in [2.24, 2.45) is 0 Å². The molecular weight excluding hydrogens is 1880 g/mol. The molecule has 0 aliphatic rings. The number of anilines is 4. The first-order valence-electron chi connectivity index (χ1n) is 45.8. The lowest BCUT2D eigenvalue weighted by atomic mass is 10.0. The van der Waals surface area contributed by atoms with Crippen LogP contribution in [0, 0.1) is 0 Å². The van der Waals surface area contributed by atoms with Crippen molar-refractivity contribution in [3.05, 3.63) is 226 Å². The fraction of sp³-hybridized carbons (Fsp3) is 0.480. The molecule has 0 atom stereocenters. The van der Waals surface area contributed by atoms with Gasteiger partial charge in [-0.15, -0.1) is 11.6 Å². The van der Waals surface area contributed by atoms with E-state index in [0.717, 1.165) is 66.1 Å². The first-order chi connectivity index (χ1) is 67.4. The Hall–Kier alpha value is -9.63. The zero-order chi connectivity index (χ0) is 100. The monoisotopic (exact) mass is 2010 g/mol. The Morgan fingerprint density at radius 3 is 0.971 bits per heavy atom. The fourth-order valence-electron chi connectivity index (χ4n) is 12.6. The molecule has 30 nitrogen and oxygen atoms in total. The number of nitrogens with zero attached hydrogens (tertiary/aromatic N) is 4. The molecule has 4 amide bonds. The van der Waals surface area contributed by atoms with Crippen LogP contribution in [0.25, 0.3) is 22.5 Å². The smallest absolute Gasteiger partial charge is 0.382 e. The van der Waals surface area contributed by atoms with Gasteiger partial charge in [0.15, 0.2) is 5.12 Å². The number of benzene rings is 6. The number of halogens is 7. The van der Waals surface area contributed by atoms with Crippen LogP contribution in [0.4, 0.5) is 49.1 Å². The Balaban J connectivity index is 0.000000354. The maximum atomic E-state index is 13.7. The maximum Gasteiger partial charge on any atom is 0.416 e. The Morgan fingerprint density at radius 1 is 0.338 bits per heavy atom. The number of hydrogen-bond donors (Lipinski definition) is 4. The van der Waals surface area contributed by atoms with Gasteiger partial charge in [-0.3, -0.25) is 38.7 Å². The molecule has 8 aromatic rings. The van der Waals surface area contributed by atoms with Crippen molar-refractivity contribution in [2.45, 2.75) is 65.9 Å². The predicted molar refractivity (Wildman–Crippen MR) is 525 cm³/mol. The lowest BCUT2D eigenvalue weighted by Crippen LogP contribution is -2.23. The van der Waals surface area contributed by atoms with Gasteiger partial charge in [-0.1, -0.05) is 72.1 Å². The molecule has 6 aromatic carbocycles. The molecule has 0 unspecified atom stereocenters. The fourth-order valence-corrected chi connectivity index (χ4v) is 14.0. The normalized spacial score (nSPS) is 11.3. The molecule has 764 valence electrons. The zero-order valence-corrected chi connectivity index (χ0v) is 82.4. The van der Waals surface area contributed by atoms with Crippen LogP contribution < -0.4 is 31.1 Å². The summed E-state index contributed by atoms with van der Waals surface area (Å²) in [5.74, 6) is -0.413. The lowest BCUT2D eigenvalue weighted by molar-refractivity contribution is -0.138. The minimum atomic E-state index is -4.51. The number of pyridine rings is 2. The van der Waals surface area contributed by atoms with Gasteiger partial charge in [-0.05, 0) is 154 Å². The average Bonchev–Trinajstić information content (AvgIpc) is 0.612. The molecule has 0 bridgehead atoms. The van der Waals surface area contributed by atoms with Crippen molar-refractivity contribution in [2.75, 3.05) is 271 Å². The quantitative estimate of drug-likeness (QED) is 0.0156. The van der Waals surface area contributed by atoms with E-state index in [1.807, 2.05) is 58.0 Å². The molecule has 4 N–H and O–H groups in total. The number of hydrogen-bond acceptors (Lipinski definition) is 28. The van der Waals surface area contributed by atoms with Crippen LogP contribution in [-0.4, -0.2) is 294 Å². The molecule has 139 heavy (non-hydrogen) atoms. The number of carbonyl (C=O) groups is 6. The highest BCUT2D eigenvalue weighted by atomic mass is 35.5. The summed E-state index contributed by atoms with van der Waals surface area (Å²) < 4.78 is 165. The molecule has 0 aliphatic carbocycles. The van der Waals surface area contributed by atoms with E-state index in [1.165, 1.54) is 66.6 Å². The van der Waals surface area contributed by atoms with Crippen LogP contribution in [0.5, 0.6) is 0 Å². The van der Waals surface area contributed by atoms with Crippen LogP contribution in [0.2, 0.25) is 0 Å². The Morgan fingerprint density at radius 2 is 0.640 bits per heavy atom. The SMILES string of the molecule is CCN(CC)c1ccc(NC(=O)c2cccc(C(=O)SCCOCCOCCOCCOCCOCCOCCOCCOC)c2)c(-c2cc(C(=O)NCc3cccc(C(F)(F)F)c3)ccn2)c1.CCN(CC)c1ccc(NC(=O)c2cccc(CCl)c2)c(-c2cc(C(=O)NCc3cccc(C(F)(F)F)c3)ccn2)c1.COCCOCCOCCOCCOCCOCCOCCOCCSC(C)=O. The van der Waals surface area contributed by atoms with Crippen molar-refractivity contribution in [1.82, 2.24) is 20.6 Å². The van der Waals surface area contributed by atoms with E-state index in [4.69, 9.17) is 87.4 Å². The molecule has 0 spiro atoms. The first kappa shape index (κ1) is 118. The van der Waals surface area contributed by atoms with Gasteiger partial charge in [-0.2, -0.15) is 26.3 Å². The van der Waals surface area contributed by atoms with E-state index >= 15 is 0 Å². The highest BCUT2D eigenvalue weighted by Crippen LogP contribution is 2.36. The van der Waals surface area contributed by atoms with Gasteiger partial charge in [0.25, 0.3) is 23.6 Å². The third-order valence-electron chi connectivity index (χ3n) is 19.8. The molecule has 2 aromatic heterocycles. The second-order valence-electron chi connectivity index (χ2n) is 29.8. The summed E-state index contributed by atoms with van der Waals surface area (Å²) in [6, 6.07) is 40.3. The van der Waals surface area contributed by atoms with Gasteiger partial charge in [0.2, 0.25) is 5.12 Å². The van der Waals surface area contributed by atoms with Gasteiger partial charge in [-0.25, -0.2) is 0 Å². The van der Waals surface area contributed by atoms with E-state index in [1.54, 1.807) is 81.8 Å². The molecule has 39 heteroatoms. The number of rotatable bonds is 68. The standard InChI is InChI=1S/C49H63F3N4O11S.C32H30ClF3N4O2.C19H38O9S/c1-4-56(5-2)42-12-13-44(43(35-42)45-34-39(14-15-53-45)46(57)54-36-37-8-6-11-41(32-37)49(50,51)52)55-47(58)38-9-7-10-40(33-38)48(59)68-31-30-67-29-28-66-27-26-65-25-24-64-23-22-63-21-20-62-19-18-61-17-16-60-3;1-3-40(4-2)26-11-12-28(39-31(42)23-9-5-7-21(15-23)19-33)27(18-26)29-17-24(13-14-37-29)30(41)38-20-22-8-6-10-25(16-22)32(34,35)36;1-19(20)29-18-17-28-16-15-27-14-13-26-12-11-25-10-9-24-8-7-23-6-5-22-4-3-21-2/h6-15,32-35H,4-5,16-31,36H2,1-3H3,(H,54,57)(H,55,58);5-18H,3-4,19-20H2,1-2H3,(H,38,41)(H,39,42);3-18H2,1-2H3. The third kappa shape index (κ3) is 49.1. The van der Waals surface area contributed by atoms with Crippen LogP contribution >= 0.6 is 35.1 Å². The number of aromatic nitrogens is 2. The van der Waals surface area contributed by atoms with E-state index in [-0.39, 0.29) is 51.8 Å². The summed E-state index contributed by atoms with van der Waals surface area (Å²) in [4.78, 5) is 90.2. The van der Waals surface area contributed by atoms with Gasteiger partial charge in [0.1, 0.15) is 0 Å². The number of alkyl halides is 7. The summed E-state index contributed by atoms with van der Waals surface area (Å²) in [6.07, 6.45) is -6.04. The van der Waals surface area contributed by atoms with Crippen LogP contribution in [0.3, 0.4) is 0 Å². The number of nitrogens with one attached hydrogen (secondary N) is 4. The van der Waals surface area contributed by atoms with Crippen molar-refractivity contribution in [3.63, 3.8) is 0 Å².